The van der Waals surface area contributed by atoms with Gasteiger partial charge in [0.15, 0.2) is 5.60 Å². The standard InChI is InChI=1S/C25H34N2O3/c1-17-11-19(7-8-20(17)18-12-23(2,3)14-24(4,5)13-18)29-16-25(6)15-27-10-9-21(28)26-22(27)30-25/h7-11,18H,12-16H2,1-6H3/t25-/m1/s1. The molecule has 0 radical (unpaired) electrons. The van der Waals surface area contributed by atoms with Gasteiger partial charge in [0.25, 0.3) is 5.56 Å². The largest absolute Gasteiger partial charge is 0.489 e. The SMILES string of the molecule is Cc1cc(OC[C@@]2(C)Cn3ccc(=O)nc3O2)ccc1C1CC(C)(C)CC(C)(C)C1. The van der Waals surface area contributed by atoms with Gasteiger partial charge in [0.1, 0.15) is 12.4 Å². The monoisotopic (exact) mass is 410 g/mol. The minimum absolute atomic E-state index is 0.285. The molecule has 0 bridgehead atoms. The van der Waals surface area contributed by atoms with Crippen molar-refractivity contribution in [3.05, 3.63) is 51.9 Å². The number of benzene rings is 1. The normalized spacial score (nSPS) is 24.9. The van der Waals surface area contributed by atoms with E-state index in [1.54, 1.807) is 6.20 Å². The summed E-state index contributed by atoms with van der Waals surface area (Å²) in [7, 11) is 0. The first kappa shape index (κ1) is 21.0. The van der Waals surface area contributed by atoms with Crippen LogP contribution >= 0.6 is 0 Å². The fourth-order valence-corrected chi connectivity index (χ4v) is 5.80. The Morgan fingerprint density at radius 3 is 2.50 bits per heavy atom. The van der Waals surface area contributed by atoms with E-state index < -0.39 is 5.60 Å². The van der Waals surface area contributed by atoms with Crippen molar-refractivity contribution in [1.29, 1.82) is 0 Å². The molecule has 4 rings (SSSR count). The molecule has 1 aliphatic carbocycles. The van der Waals surface area contributed by atoms with Gasteiger partial charge in [-0.25, -0.2) is 0 Å². The van der Waals surface area contributed by atoms with Crippen LogP contribution in [0.2, 0.25) is 0 Å². The Morgan fingerprint density at radius 1 is 1.13 bits per heavy atom. The Morgan fingerprint density at radius 2 is 1.83 bits per heavy atom. The number of aryl methyl sites for hydroxylation is 1. The minimum atomic E-state index is -0.544. The predicted molar refractivity (Wildman–Crippen MR) is 118 cm³/mol. The molecule has 5 nitrogen and oxygen atoms in total. The summed E-state index contributed by atoms with van der Waals surface area (Å²) >= 11 is 0. The highest BCUT2D eigenvalue weighted by molar-refractivity contribution is 5.37. The Kier molecular flexibility index (Phi) is 4.99. The zero-order chi connectivity index (χ0) is 21.7. The lowest BCUT2D eigenvalue weighted by molar-refractivity contribution is 0.0508. The Balaban J connectivity index is 1.45. The van der Waals surface area contributed by atoms with Crippen molar-refractivity contribution in [2.45, 2.75) is 78.9 Å². The Labute approximate surface area is 179 Å². The van der Waals surface area contributed by atoms with E-state index >= 15 is 0 Å². The second-order valence-corrected chi connectivity index (χ2v) is 11.1. The molecule has 2 heterocycles. The second kappa shape index (κ2) is 7.14. The van der Waals surface area contributed by atoms with Crippen LogP contribution in [0.1, 0.15) is 70.9 Å². The molecular weight excluding hydrogens is 376 g/mol. The zero-order valence-electron chi connectivity index (χ0n) is 19.1. The van der Waals surface area contributed by atoms with Crippen molar-refractivity contribution in [2.75, 3.05) is 6.61 Å². The van der Waals surface area contributed by atoms with E-state index in [9.17, 15) is 4.79 Å². The number of rotatable bonds is 4. The van der Waals surface area contributed by atoms with Gasteiger partial charge < -0.3 is 9.47 Å². The zero-order valence-corrected chi connectivity index (χ0v) is 19.1. The average molecular weight is 411 g/mol. The van der Waals surface area contributed by atoms with E-state index in [-0.39, 0.29) is 5.56 Å². The molecule has 0 amide bonds. The number of ether oxygens (including phenoxy) is 2. The summed E-state index contributed by atoms with van der Waals surface area (Å²) in [6.07, 6.45) is 5.46. The summed E-state index contributed by atoms with van der Waals surface area (Å²) in [6, 6.07) is 8.30. The van der Waals surface area contributed by atoms with E-state index in [1.165, 1.54) is 36.5 Å². The molecule has 162 valence electrons. The molecule has 30 heavy (non-hydrogen) atoms. The molecular formula is C25H34N2O3. The van der Waals surface area contributed by atoms with E-state index in [0.29, 0.717) is 35.9 Å². The first-order valence-electron chi connectivity index (χ1n) is 10.9. The van der Waals surface area contributed by atoms with Gasteiger partial charge >= 0.3 is 6.01 Å². The summed E-state index contributed by atoms with van der Waals surface area (Å²) in [6.45, 7) is 14.8. The quantitative estimate of drug-likeness (QED) is 0.703. The molecule has 0 unspecified atom stereocenters. The van der Waals surface area contributed by atoms with Crippen molar-refractivity contribution in [2.24, 2.45) is 10.8 Å². The number of hydrogen-bond donors (Lipinski definition) is 0. The van der Waals surface area contributed by atoms with E-state index in [4.69, 9.17) is 9.47 Å². The molecule has 2 aliphatic rings. The lowest BCUT2D eigenvalue weighted by Gasteiger charge is -2.45. The van der Waals surface area contributed by atoms with Gasteiger partial charge in [-0.05, 0) is 73.1 Å². The number of nitrogens with zero attached hydrogens (tertiary/aromatic N) is 2. The fourth-order valence-electron chi connectivity index (χ4n) is 5.80. The lowest BCUT2D eigenvalue weighted by atomic mass is 9.60. The number of hydrogen-bond acceptors (Lipinski definition) is 4. The van der Waals surface area contributed by atoms with Gasteiger partial charge in [-0.15, -0.1) is 0 Å². The first-order chi connectivity index (χ1) is 13.9. The Bertz CT molecular complexity index is 992. The van der Waals surface area contributed by atoms with Crippen LogP contribution in [0.5, 0.6) is 11.8 Å². The molecule has 0 N–H and O–H groups in total. The van der Waals surface area contributed by atoms with Crippen molar-refractivity contribution >= 4 is 0 Å². The summed E-state index contributed by atoms with van der Waals surface area (Å²) in [5.74, 6) is 1.44. The highest BCUT2D eigenvalue weighted by atomic mass is 16.6. The van der Waals surface area contributed by atoms with Crippen LogP contribution in [0, 0.1) is 17.8 Å². The first-order valence-corrected chi connectivity index (χ1v) is 10.9. The van der Waals surface area contributed by atoms with Gasteiger partial charge in [0.05, 0.1) is 6.54 Å². The fraction of sp³-hybridized carbons (Fsp3) is 0.600. The molecule has 1 fully saturated rings. The lowest BCUT2D eigenvalue weighted by Crippen LogP contribution is -2.38. The average Bonchev–Trinajstić information content (AvgIpc) is 2.93. The number of fused-ring (bicyclic) bond motifs is 1. The van der Waals surface area contributed by atoms with Crippen molar-refractivity contribution in [3.8, 4) is 11.8 Å². The molecule has 1 aliphatic heterocycles. The third-order valence-corrected chi connectivity index (χ3v) is 6.47. The molecule has 5 heteroatoms. The van der Waals surface area contributed by atoms with Crippen LogP contribution in [0.15, 0.2) is 35.3 Å². The number of aromatic nitrogens is 2. The van der Waals surface area contributed by atoms with Gasteiger partial charge in [0, 0.05) is 12.3 Å². The van der Waals surface area contributed by atoms with Crippen LogP contribution in [0.3, 0.4) is 0 Å². The summed E-state index contributed by atoms with van der Waals surface area (Å²) in [4.78, 5) is 15.4. The molecule has 2 aromatic rings. The molecule has 1 saturated carbocycles. The van der Waals surface area contributed by atoms with Gasteiger partial charge in [-0.1, -0.05) is 33.8 Å². The summed E-state index contributed by atoms with van der Waals surface area (Å²) in [5, 5.41) is 0. The maximum atomic E-state index is 11.5. The van der Waals surface area contributed by atoms with Crippen LogP contribution in [0.4, 0.5) is 0 Å². The molecule has 1 aromatic carbocycles. The van der Waals surface area contributed by atoms with Gasteiger partial charge in [-0.3, -0.25) is 9.36 Å². The van der Waals surface area contributed by atoms with Gasteiger partial charge in [-0.2, -0.15) is 4.98 Å². The van der Waals surface area contributed by atoms with Crippen LogP contribution in [-0.2, 0) is 6.54 Å². The second-order valence-electron chi connectivity index (χ2n) is 11.1. The molecule has 0 spiro atoms. The topological polar surface area (TPSA) is 53.4 Å². The maximum absolute atomic E-state index is 11.5. The smallest absolute Gasteiger partial charge is 0.300 e. The maximum Gasteiger partial charge on any atom is 0.300 e. The predicted octanol–water partition coefficient (Wildman–Crippen LogP) is 5.10. The van der Waals surface area contributed by atoms with E-state index in [1.807, 2.05) is 11.5 Å². The highest BCUT2D eigenvalue weighted by Gasteiger charge is 2.39. The van der Waals surface area contributed by atoms with Gasteiger partial charge in [0.2, 0.25) is 0 Å². The minimum Gasteiger partial charge on any atom is -0.489 e. The van der Waals surface area contributed by atoms with Crippen LogP contribution in [-0.4, -0.2) is 21.8 Å². The van der Waals surface area contributed by atoms with E-state index in [2.05, 4.69) is 57.8 Å². The Hall–Kier alpha value is -2.30. The third kappa shape index (κ3) is 4.40. The summed E-state index contributed by atoms with van der Waals surface area (Å²) in [5.41, 5.74) is 2.64. The summed E-state index contributed by atoms with van der Waals surface area (Å²) < 4.78 is 13.9. The van der Waals surface area contributed by atoms with Crippen molar-refractivity contribution in [3.63, 3.8) is 0 Å². The molecule has 0 saturated heterocycles. The highest BCUT2D eigenvalue weighted by Crippen LogP contribution is 2.52. The van der Waals surface area contributed by atoms with E-state index in [0.717, 1.165) is 5.75 Å². The molecule has 1 atom stereocenters. The third-order valence-electron chi connectivity index (χ3n) is 6.47. The van der Waals surface area contributed by atoms with Crippen LogP contribution < -0.4 is 15.0 Å². The van der Waals surface area contributed by atoms with Crippen molar-refractivity contribution in [1.82, 2.24) is 9.55 Å². The molecule has 1 aromatic heterocycles. The van der Waals surface area contributed by atoms with Crippen molar-refractivity contribution < 1.29 is 9.47 Å². The van der Waals surface area contributed by atoms with Crippen LogP contribution in [0.25, 0.3) is 0 Å².